The predicted molar refractivity (Wildman–Crippen MR) is 282 cm³/mol. The lowest BCUT2D eigenvalue weighted by atomic mass is 9.84. The number of phosphoric acid groups is 3. The number of ether oxygens (including phenoxy) is 9. The number of methoxy groups -OCH3 is 2. The summed E-state index contributed by atoms with van der Waals surface area (Å²) < 4.78 is 206. The SMILES string of the molecule is COCCOCCO[C@@H]1C(O[P+](=O)O)[C@H](OCCOCCOC)[C@@H](O[P+](=O)O)C(OCCO[C@@H](C)CO[C@@H]2[C@H](OP(=O)(O)O)[C@@H](OP(=O)(O)O)[C@H](O[P+](=O)O)[C@@H](O[P+](=O)O)[C@@H]2OP(=O)(OCc2ccccc2)OCc2ccccc2)[C@H]1O[P+](=O)O. The van der Waals surface area contributed by atoms with Crippen LogP contribution in [0, 0.1) is 0 Å². The Bertz CT molecular complexity index is 2410. The third-order valence-corrected chi connectivity index (χ3v) is 16.0. The molecule has 9 N–H and O–H groups in total. The van der Waals surface area contributed by atoms with Gasteiger partial charge in [0.1, 0.15) is 42.7 Å². The molecule has 85 heavy (non-hydrogen) atoms. The van der Waals surface area contributed by atoms with Crippen molar-refractivity contribution in [1.29, 1.82) is 0 Å². The molecular weight excluding hydrogens is 1320 g/mol. The van der Waals surface area contributed by atoms with Gasteiger partial charge in [0.05, 0.1) is 92.0 Å². The molecular formula is C41H67O36P8+5. The van der Waals surface area contributed by atoms with E-state index in [1.807, 2.05) is 0 Å². The molecule has 0 aromatic heterocycles. The summed E-state index contributed by atoms with van der Waals surface area (Å²) >= 11 is 0. The summed E-state index contributed by atoms with van der Waals surface area (Å²) in [5, 5.41) is 0. The van der Waals surface area contributed by atoms with Crippen LogP contribution >= 0.6 is 64.7 Å². The van der Waals surface area contributed by atoms with Crippen molar-refractivity contribution in [3.05, 3.63) is 71.8 Å². The maximum atomic E-state index is 15.0. The monoisotopic (exact) mass is 1380 g/mol. The standard InChI is InChI=1S/C41H62O36P8/c1-27(63-22-23-66-32-35(71-79(44)45)30(64-20-18-61-16-14-59-2)34(70-78(42)43)31(36(32)72-80(46)47)65-21-19-62-17-15-60-3)24-67-33-39(77-85(58,68-25-28-10-6-4-7-11-28)69-26-29-12-8-5-9-13-29)37(73-81(48)49)38(74-82(50)51)41(76-84(55,56)57)40(33)75-83(52,53)54/h4-13,27,30-41H,14-26H2,1-3H3,(H4-5,42,43,44,45,46,47,48,49,50,51,52,53,54,55,56,57)/p+5/t27-,30-,31+,32?,33-,34?,35+,36-,37+,38+,39+,40-,41-/m0/s1. The third-order valence-electron chi connectivity index (χ3n) is 11.4. The molecule has 0 aliphatic heterocycles. The minimum absolute atomic E-state index is 0.0856. The Morgan fingerprint density at radius 3 is 1.06 bits per heavy atom. The molecule has 0 bridgehead atoms. The van der Waals surface area contributed by atoms with Gasteiger partial charge in [-0.15, -0.1) is 47.1 Å². The van der Waals surface area contributed by atoms with Gasteiger partial charge in [-0.1, -0.05) is 60.7 Å². The van der Waals surface area contributed by atoms with Crippen LogP contribution in [0.25, 0.3) is 0 Å². The maximum absolute atomic E-state index is 15.0. The second-order valence-corrected chi connectivity index (χ2v) is 24.8. The molecule has 18 atom stereocenters. The van der Waals surface area contributed by atoms with Crippen molar-refractivity contribution in [3.8, 4) is 0 Å². The van der Waals surface area contributed by atoms with Gasteiger partial charge in [0, 0.05) is 37.0 Å². The first-order valence-corrected chi connectivity index (χ1v) is 34.9. The average Bonchev–Trinajstić information content (AvgIpc) is 1.57. The molecule has 4 rings (SSSR count). The fraction of sp³-hybridized carbons (Fsp3) is 0.707. The summed E-state index contributed by atoms with van der Waals surface area (Å²) in [4.78, 5) is 91.0. The quantitative estimate of drug-likeness (QED) is 0.0339. The number of benzene rings is 2. The predicted octanol–water partition coefficient (Wildman–Crippen LogP) is 3.34. The lowest BCUT2D eigenvalue weighted by Crippen LogP contribution is -2.67. The van der Waals surface area contributed by atoms with E-state index >= 15 is 0 Å². The largest absolute Gasteiger partial charge is 0.695 e. The second kappa shape index (κ2) is 39.0. The first-order chi connectivity index (χ1) is 40.2. The normalized spacial score (nSPS) is 26.2. The number of hydrogen-bond donors (Lipinski definition) is 9. The van der Waals surface area contributed by atoms with Crippen molar-refractivity contribution in [2.24, 2.45) is 0 Å². The van der Waals surface area contributed by atoms with Gasteiger partial charge in [0.2, 0.25) is 0 Å². The van der Waals surface area contributed by atoms with E-state index in [1.54, 1.807) is 36.4 Å². The fourth-order valence-corrected chi connectivity index (χ4v) is 12.9. The van der Waals surface area contributed by atoms with Crippen molar-refractivity contribution in [2.75, 3.05) is 86.9 Å². The second-order valence-electron chi connectivity index (χ2n) is 17.4. The Morgan fingerprint density at radius 1 is 0.412 bits per heavy atom. The van der Waals surface area contributed by atoms with Crippen molar-refractivity contribution >= 4 is 64.7 Å². The van der Waals surface area contributed by atoms with Crippen LogP contribution < -0.4 is 0 Å². The Hall–Kier alpha value is -1.49. The lowest BCUT2D eigenvalue weighted by molar-refractivity contribution is -0.245. The summed E-state index contributed by atoms with van der Waals surface area (Å²) in [7, 11) is -33.1. The summed E-state index contributed by atoms with van der Waals surface area (Å²) in [6, 6.07) is 15.7. The van der Waals surface area contributed by atoms with E-state index in [2.05, 4.69) is 0 Å². The minimum Gasteiger partial charge on any atom is -0.382 e. The van der Waals surface area contributed by atoms with E-state index in [4.69, 9.17) is 87.9 Å². The van der Waals surface area contributed by atoms with E-state index in [9.17, 15) is 80.6 Å². The smallest absolute Gasteiger partial charge is 0.382 e. The Morgan fingerprint density at radius 2 is 0.718 bits per heavy atom. The van der Waals surface area contributed by atoms with Crippen LogP contribution in [0.5, 0.6) is 0 Å². The van der Waals surface area contributed by atoms with Gasteiger partial charge in [0.25, 0.3) is 0 Å². The van der Waals surface area contributed by atoms with Crippen LogP contribution in [0.4, 0.5) is 0 Å². The first-order valence-electron chi connectivity index (χ1n) is 24.7. The number of hydrogen-bond acceptors (Lipinski definition) is 27. The zero-order valence-corrected chi connectivity index (χ0v) is 52.3. The zero-order valence-electron chi connectivity index (χ0n) is 45.1. The Labute approximate surface area is 489 Å². The highest BCUT2D eigenvalue weighted by molar-refractivity contribution is 7.48. The summed E-state index contributed by atoms with van der Waals surface area (Å²) in [5.74, 6) is 0. The van der Waals surface area contributed by atoms with Crippen LogP contribution in [0.15, 0.2) is 60.7 Å². The molecule has 2 aromatic carbocycles. The zero-order chi connectivity index (χ0) is 62.7. The first kappa shape index (κ1) is 76.0. The van der Waals surface area contributed by atoms with E-state index in [-0.39, 0.29) is 52.9 Å². The van der Waals surface area contributed by atoms with Crippen LogP contribution in [0.2, 0.25) is 0 Å². The van der Waals surface area contributed by atoms with Crippen molar-refractivity contribution in [1.82, 2.24) is 0 Å². The van der Waals surface area contributed by atoms with Crippen LogP contribution in [0.1, 0.15) is 18.1 Å². The van der Waals surface area contributed by atoms with Crippen LogP contribution in [0.3, 0.4) is 0 Å². The summed E-state index contributed by atoms with van der Waals surface area (Å²) in [6.07, 6.45) is -27.6. The van der Waals surface area contributed by atoms with Crippen molar-refractivity contribution in [3.63, 3.8) is 0 Å². The number of phosphoric ester groups is 3. The molecule has 44 heteroatoms. The van der Waals surface area contributed by atoms with Gasteiger partial charge in [0.15, 0.2) is 30.5 Å². The molecule has 0 saturated heterocycles. The molecule has 0 heterocycles. The Kier molecular flexibility index (Phi) is 34.9. The molecule has 7 unspecified atom stereocenters. The third kappa shape index (κ3) is 28.3. The molecule has 482 valence electrons. The highest BCUT2D eigenvalue weighted by atomic mass is 31.2. The molecule has 0 radical (unpaired) electrons. The highest BCUT2D eigenvalue weighted by Gasteiger charge is 2.65. The summed E-state index contributed by atoms with van der Waals surface area (Å²) in [6.45, 7) is -2.47. The van der Waals surface area contributed by atoms with Gasteiger partial charge in [-0.25, -0.2) is 13.7 Å². The van der Waals surface area contributed by atoms with Crippen LogP contribution in [-0.4, -0.2) is 210 Å². The number of rotatable bonds is 44. The van der Waals surface area contributed by atoms with Gasteiger partial charge < -0.3 is 62.2 Å². The van der Waals surface area contributed by atoms with Crippen molar-refractivity contribution < 1.29 is 168 Å². The molecule has 0 amide bonds. The molecule has 2 aliphatic rings. The molecule has 0 spiro atoms. The molecule has 2 aliphatic carbocycles. The van der Waals surface area contributed by atoms with E-state index in [0.717, 1.165) is 0 Å². The molecule has 2 saturated carbocycles. The average molecular weight is 1380 g/mol. The fourth-order valence-electron chi connectivity index (χ4n) is 8.21. The van der Waals surface area contributed by atoms with Crippen LogP contribution in [-0.2, 0) is 138 Å². The highest BCUT2D eigenvalue weighted by Crippen LogP contribution is 2.57. The van der Waals surface area contributed by atoms with E-state index < -0.39 is 177 Å². The minimum atomic E-state index is -5.97. The van der Waals surface area contributed by atoms with Gasteiger partial charge in [-0.2, -0.15) is 0 Å². The lowest BCUT2D eigenvalue weighted by Gasteiger charge is -2.45. The van der Waals surface area contributed by atoms with E-state index in [0.29, 0.717) is 11.1 Å². The van der Waals surface area contributed by atoms with Gasteiger partial charge in [-0.3, -0.25) is 22.6 Å². The maximum Gasteiger partial charge on any atom is 0.695 e. The van der Waals surface area contributed by atoms with Gasteiger partial charge >= 0.3 is 64.7 Å². The Balaban J connectivity index is 1.75. The topological polar surface area (TPSA) is 494 Å². The summed E-state index contributed by atoms with van der Waals surface area (Å²) in [5.41, 5.74) is 0.702. The van der Waals surface area contributed by atoms with Crippen molar-refractivity contribution in [2.45, 2.75) is 99.5 Å². The van der Waals surface area contributed by atoms with E-state index in [1.165, 1.54) is 45.4 Å². The molecule has 36 nitrogen and oxygen atoms in total. The molecule has 2 fully saturated rings. The van der Waals surface area contributed by atoms with Gasteiger partial charge in [-0.05, 0) is 18.1 Å². The molecule has 2 aromatic rings.